The van der Waals surface area contributed by atoms with Crippen LogP contribution in [-0.4, -0.2) is 51.7 Å². The zero-order valence-corrected chi connectivity index (χ0v) is 13.0. The lowest BCUT2D eigenvalue weighted by Gasteiger charge is -2.15. The summed E-state index contributed by atoms with van der Waals surface area (Å²) in [7, 11) is -1.96. The molecule has 1 aromatic carbocycles. The van der Waals surface area contributed by atoms with E-state index in [9.17, 15) is 13.2 Å². The highest BCUT2D eigenvalue weighted by atomic mass is 32.2. The summed E-state index contributed by atoms with van der Waals surface area (Å²) in [4.78, 5) is 12.9. The van der Waals surface area contributed by atoms with E-state index in [1.54, 1.807) is 31.3 Å². The molecule has 0 aromatic heterocycles. The van der Waals surface area contributed by atoms with Crippen molar-refractivity contribution < 1.29 is 17.9 Å². The van der Waals surface area contributed by atoms with Crippen LogP contribution in [0.1, 0.15) is 6.92 Å². The molecule has 3 N–H and O–H groups in total. The molecule has 1 amide bonds. The third kappa shape index (κ3) is 6.01. The van der Waals surface area contributed by atoms with Crippen LogP contribution in [0.15, 0.2) is 24.3 Å². The van der Waals surface area contributed by atoms with Gasteiger partial charge in [0.15, 0.2) is 0 Å². The van der Waals surface area contributed by atoms with Crippen molar-refractivity contribution in [3.8, 4) is 5.75 Å². The minimum Gasteiger partial charge on any atom is -0.490 e. The van der Waals surface area contributed by atoms with Gasteiger partial charge in [-0.2, -0.15) is 0 Å². The van der Waals surface area contributed by atoms with Gasteiger partial charge in [-0.15, -0.1) is 0 Å². The molecule has 0 aliphatic rings. The quantitative estimate of drug-likeness (QED) is 0.660. The Kier molecular flexibility index (Phi) is 6.44. The lowest BCUT2D eigenvalue weighted by atomic mass is 10.3. The summed E-state index contributed by atoms with van der Waals surface area (Å²) in [5, 5.41) is 0. The number of ether oxygens (including phenoxy) is 1. The number of anilines is 1. The number of carbonyl (C=O) groups excluding carboxylic acids is 1. The molecule has 0 spiro atoms. The molecule has 0 bridgehead atoms. The highest BCUT2D eigenvalue weighted by Gasteiger charge is 2.14. The largest absolute Gasteiger partial charge is 0.490 e. The molecule has 0 heterocycles. The first-order chi connectivity index (χ1) is 9.85. The van der Waals surface area contributed by atoms with Crippen LogP contribution in [0.25, 0.3) is 0 Å². The average molecular weight is 315 g/mol. The smallest absolute Gasteiger partial charge is 0.237 e. The molecule has 0 aliphatic heterocycles. The van der Waals surface area contributed by atoms with E-state index in [1.165, 1.54) is 4.90 Å². The Labute approximate surface area is 125 Å². The standard InChI is InChI=1S/C13H21N3O4S/c1-3-16(2)13(17)10-15-21(18,19)9-8-20-12-7-5-4-6-11(12)14/h4-7,15H,3,8-10,14H2,1-2H3. The predicted octanol–water partition coefficient (Wildman–Crippen LogP) is 0.0453. The van der Waals surface area contributed by atoms with E-state index in [2.05, 4.69) is 4.72 Å². The van der Waals surface area contributed by atoms with E-state index in [-0.39, 0.29) is 24.8 Å². The first kappa shape index (κ1) is 17.3. The maximum atomic E-state index is 11.7. The van der Waals surface area contributed by atoms with Crippen LogP contribution < -0.4 is 15.2 Å². The Morgan fingerprint density at radius 1 is 1.38 bits per heavy atom. The topological polar surface area (TPSA) is 102 Å². The summed E-state index contributed by atoms with van der Waals surface area (Å²) in [6.45, 7) is 2.04. The van der Waals surface area contributed by atoms with Gasteiger partial charge in [0.05, 0.1) is 18.0 Å². The van der Waals surface area contributed by atoms with Crippen molar-refractivity contribution in [2.75, 3.05) is 38.2 Å². The number of likely N-dealkylation sites (N-methyl/N-ethyl adjacent to an activating group) is 1. The Hall–Kier alpha value is -1.80. The third-order valence-electron chi connectivity index (χ3n) is 2.87. The SMILES string of the molecule is CCN(C)C(=O)CNS(=O)(=O)CCOc1ccccc1N. The van der Waals surface area contributed by atoms with Gasteiger partial charge in [0.1, 0.15) is 12.4 Å². The minimum absolute atomic E-state index is 0.0403. The van der Waals surface area contributed by atoms with E-state index in [4.69, 9.17) is 10.5 Å². The normalized spacial score (nSPS) is 11.1. The average Bonchev–Trinajstić information content (AvgIpc) is 2.46. The second kappa shape index (κ2) is 7.84. The van der Waals surface area contributed by atoms with Gasteiger partial charge >= 0.3 is 0 Å². The maximum Gasteiger partial charge on any atom is 0.237 e. The molecule has 1 aromatic rings. The van der Waals surface area contributed by atoms with E-state index in [0.717, 1.165) is 0 Å². The Morgan fingerprint density at radius 2 is 2.05 bits per heavy atom. The van der Waals surface area contributed by atoms with Crippen molar-refractivity contribution in [1.82, 2.24) is 9.62 Å². The van der Waals surface area contributed by atoms with Crippen molar-refractivity contribution in [2.45, 2.75) is 6.92 Å². The molecule has 0 radical (unpaired) electrons. The summed E-state index contributed by atoms with van der Waals surface area (Å²) in [6, 6.07) is 6.84. The number of hydrogen-bond donors (Lipinski definition) is 2. The van der Waals surface area contributed by atoms with Crippen LogP contribution >= 0.6 is 0 Å². The summed E-state index contributed by atoms with van der Waals surface area (Å²) >= 11 is 0. The summed E-state index contributed by atoms with van der Waals surface area (Å²) < 4.78 is 31.0. The van der Waals surface area contributed by atoms with Gasteiger partial charge in [-0.05, 0) is 19.1 Å². The van der Waals surface area contributed by atoms with Crippen molar-refractivity contribution in [1.29, 1.82) is 0 Å². The number of carbonyl (C=O) groups is 1. The van der Waals surface area contributed by atoms with E-state index < -0.39 is 10.0 Å². The summed E-state index contributed by atoms with van der Waals surface area (Å²) in [5.41, 5.74) is 6.12. The molecule has 8 heteroatoms. The lowest BCUT2D eigenvalue weighted by Crippen LogP contribution is -2.39. The monoisotopic (exact) mass is 315 g/mol. The molecule has 0 fully saturated rings. The maximum absolute atomic E-state index is 11.7. The number of benzene rings is 1. The molecule has 0 atom stereocenters. The van der Waals surface area contributed by atoms with Crippen LogP contribution in [0.3, 0.4) is 0 Å². The van der Waals surface area contributed by atoms with Gasteiger partial charge in [0.2, 0.25) is 15.9 Å². The molecular formula is C13H21N3O4S. The zero-order valence-electron chi connectivity index (χ0n) is 12.2. The molecular weight excluding hydrogens is 294 g/mol. The second-order valence-corrected chi connectivity index (χ2v) is 6.36. The highest BCUT2D eigenvalue weighted by molar-refractivity contribution is 7.89. The molecule has 0 saturated carbocycles. The number of amides is 1. The number of nitrogens with two attached hydrogens (primary N) is 1. The zero-order chi connectivity index (χ0) is 15.9. The lowest BCUT2D eigenvalue weighted by molar-refractivity contribution is -0.128. The fourth-order valence-electron chi connectivity index (χ4n) is 1.43. The first-order valence-electron chi connectivity index (χ1n) is 6.54. The van der Waals surface area contributed by atoms with Crippen LogP contribution in [0.2, 0.25) is 0 Å². The fourth-order valence-corrected chi connectivity index (χ4v) is 2.22. The van der Waals surface area contributed by atoms with Crippen molar-refractivity contribution in [3.63, 3.8) is 0 Å². The van der Waals surface area contributed by atoms with E-state index in [0.29, 0.717) is 18.0 Å². The van der Waals surface area contributed by atoms with Crippen molar-refractivity contribution in [2.24, 2.45) is 0 Å². The molecule has 1 rings (SSSR count). The molecule has 0 saturated heterocycles. The van der Waals surface area contributed by atoms with Crippen LogP contribution in [0, 0.1) is 0 Å². The van der Waals surface area contributed by atoms with Gasteiger partial charge in [0, 0.05) is 13.6 Å². The number of nitrogens with one attached hydrogen (secondary N) is 1. The predicted molar refractivity (Wildman–Crippen MR) is 81.4 cm³/mol. The van der Waals surface area contributed by atoms with Gasteiger partial charge in [-0.3, -0.25) is 4.79 Å². The third-order valence-corrected chi connectivity index (χ3v) is 4.16. The molecule has 118 valence electrons. The Morgan fingerprint density at radius 3 is 2.67 bits per heavy atom. The molecule has 0 unspecified atom stereocenters. The van der Waals surface area contributed by atoms with Gasteiger partial charge in [0.25, 0.3) is 0 Å². The van der Waals surface area contributed by atoms with Gasteiger partial charge in [-0.1, -0.05) is 12.1 Å². The van der Waals surface area contributed by atoms with Crippen molar-refractivity contribution in [3.05, 3.63) is 24.3 Å². The summed E-state index contributed by atoms with van der Waals surface area (Å²) in [6.07, 6.45) is 0. The highest BCUT2D eigenvalue weighted by Crippen LogP contribution is 2.19. The van der Waals surface area contributed by atoms with Gasteiger partial charge < -0.3 is 15.4 Å². The molecule has 7 nitrogen and oxygen atoms in total. The van der Waals surface area contributed by atoms with Crippen LogP contribution in [-0.2, 0) is 14.8 Å². The Bertz CT molecular complexity index is 575. The summed E-state index contributed by atoms with van der Waals surface area (Å²) in [5.74, 6) is -0.0893. The fraction of sp³-hybridized carbons (Fsp3) is 0.462. The van der Waals surface area contributed by atoms with Crippen LogP contribution in [0.4, 0.5) is 5.69 Å². The van der Waals surface area contributed by atoms with E-state index >= 15 is 0 Å². The second-order valence-electron chi connectivity index (χ2n) is 4.43. The number of nitrogen functional groups attached to an aromatic ring is 1. The first-order valence-corrected chi connectivity index (χ1v) is 8.19. The van der Waals surface area contributed by atoms with Crippen molar-refractivity contribution >= 4 is 21.6 Å². The molecule has 21 heavy (non-hydrogen) atoms. The van der Waals surface area contributed by atoms with E-state index in [1.807, 2.05) is 6.92 Å². The van der Waals surface area contributed by atoms with Gasteiger partial charge in [-0.25, -0.2) is 13.1 Å². The minimum atomic E-state index is -3.56. The number of hydrogen-bond acceptors (Lipinski definition) is 5. The number of rotatable bonds is 8. The molecule has 0 aliphatic carbocycles. The Balaban J connectivity index is 2.40. The number of sulfonamides is 1. The van der Waals surface area contributed by atoms with Crippen LogP contribution in [0.5, 0.6) is 5.75 Å². The number of para-hydroxylation sites is 2. The number of nitrogens with zero attached hydrogens (tertiary/aromatic N) is 1.